The summed E-state index contributed by atoms with van der Waals surface area (Å²) in [6, 6.07) is 11.7. The highest BCUT2D eigenvalue weighted by molar-refractivity contribution is 6.31. The molecule has 19 heavy (non-hydrogen) atoms. The Morgan fingerprint density at radius 2 is 1.89 bits per heavy atom. The molecule has 0 saturated carbocycles. The lowest BCUT2D eigenvalue weighted by Gasteiger charge is -2.10. The number of benzene rings is 2. The van der Waals surface area contributed by atoms with Crippen LogP contribution in [-0.2, 0) is 6.61 Å². The molecule has 0 atom stereocenters. The Labute approximate surface area is 120 Å². The van der Waals surface area contributed by atoms with E-state index >= 15 is 0 Å². The van der Waals surface area contributed by atoms with E-state index in [1.807, 2.05) is 18.2 Å². The third kappa shape index (κ3) is 3.40. The summed E-state index contributed by atoms with van der Waals surface area (Å²) in [6.45, 7) is 0.196. The Balaban J connectivity index is 2.20. The summed E-state index contributed by atoms with van der Waals surface area (Å²) in [7, 11) is 0. The predicted molar refractivity (Wildman–Crippen MR) is 74.2 cm³/mol. The number of hydrogen-bond acceptors (Lipinski definition) is 2. The van der Waals surface area contributed by atoms with E-state index in [0.717, 1.165) is 5.56 Å². The van der Waals surface area contributed by atoms with Gasteiger partial charge >= 0.3 is 5.97 Å². The molecule has 3 nitrogen and oxygen atoms in total. The minimum absolute atomic E-state index is 0.0274. The summed E-state index contributed by atoms with van der Waals surface area (Å²) >= 11 is 11.8. The summed E-state index contributed by atoms with van der Waals surface area (Å²) < 4.78 is 5.50. The molecule has 0 aromatic heterocycles. The van der Waals surface area contributed by atoms with Crippen molar-refractivity contribution >= 4 is 29.2 Å². The smallest absolute Gasteiger partial charge is 0.339 e. The van der Waals surface area contributed by atoms with Crippen LogP contribution in [0.25, 0.3) is 0 Å². The highest BCUT2D eigenvalue weighted by atomic mass is 35.5. The molecule has 0 bridgehead atoms. The molecule has 0 heterocycles. The molecule has 1 N–H and O–H groups in total. The quantitative estimate of drug-likeness (QED) is 0.916. The molecule has 0 radical (unpaired) electrons. The van der Waals surface area contributed by atoms with Gasteiger partial charge in [0, 0.05) is 15.6 Å². The van der Waals surface area contributed by atoms with Gasteiger partial charge in [0.25, 0.3) is 0 Å². The van der Waals surface area contributed by atoms with E-state index in [1.54, 1.807) is 12.1 Å². The lowest BCUT2D eigenvalue weighted by Crippen LogP contribution is -2.03. The monoisotopic (exact) mass is 296 g/mol. The Morgan fingerprint density at radius 1 is 1.16 bits per heavy atom. The van der Waals surface area contributed by atoms with Crippen LogP contribution >= 0.6 is 23.2 Å². The normalized spacial score (nSPS) is 10.2. The topological polar surface area (TPSA) is 46.5 Å². The lowest BCUT2D eigenvalue weighted by molar-refractivity contribution is 0.0692. The molecule has 2 aromatic carbocycles. The van der Waals surface area contributed by atoms with Gasteiger partial charge in [0.15, 0.2) is 0 Å². The van der Waals surface area contributed by atoms with Crippen molar-refractivity contribution in [3.05, 3.63) is 63.6 Å². The van der Waals surface area contributed by atoms with Crippen molar-refractivity contribution < 1.29 is 14.6 Å². The van der Waals surface area contributed by atoms with Crippen LogP contribution in [0.4, 0.5) is 0 Å². The number of aromatic carboxylic acids is 1. The van der Waals surface area contributed by atoms with E-state index in [9.17, 15) is 4.79 Å². The van der Waals surface area contributed by atoms with Crippen molar-refractivity contribution in [2.75, 3.05) is 0 Å². The number of rotatable bonds is 4. The van der Waals surface area contributed by atoms with E-state index < -0.39 is 5.97 Å². The Kier molecular flexibility index (Phi) is 4.30. The maximum absolute atomic E-state index is 11.1. The second-order valence-corrected chi connectivity index (χ2v) is 4.67. The van der Waals surface area contributed by atoms with Crippen molar-refractivity contribution in [2.45, 2.75) is 6.61 Å². The number of carboxylic acids is 1. The number of carboxylic acid groups (broad SMARTS) is 1. The predicted octanol–water partition coefficient (Wildman–Crippen LogP) is 4.27. The van der Waals surface area contributed by atoms with Gasteiger partial charge in [0.1, 0.15) is 17.9 Å². The fourth-order valence-electron chi connectivity index (χ4n) is 1.57. The van der Waals surface area contributed by atoms with Gasteiger partial charge in [0.2, 0.25) is 0 Å². The fourth-order valence-corrected chi connectivity index (χ4v) is 1.93. The fraction of sp³-hybridized carbons (Fsp3) is 0.0714. The third-order valence-corrected chi connectivity index (χ3v) is 3.12. The Bertz CT molecular complexity index is 611. The molecule has 98 valence electrons. The van der Waals surface area contributed by atoms with E-state index in [0.29, 0.717) is 10.0 Å². The first-order valence-electron chi connectivity index (χ1n) is 5.47. The Hall–Kier alpha value is -1.71. The van der Waals surface area contributed by atoms with E-state index in [-0.39, 0.29) is 17.9 Å². The van der Waals surface area contributed by atoms with Gasteiger partial charge in [-0.05, 0) is 24.3 Å². The molecule has 0 amide bonds. The molecular weight excluding hydrogens is 287 g/mol. The van der Waals surface area contributed by atoms with Gasteiger partial charge < -0.3 is 9.84 Å². The average molecular weight is 297 g/mol. The molecule has 0 unspecified atom stereocenters. The van der Waals surface area contributed by atoms with Crippen LogP contribution in [-0.4, -0.2) is 11.1 Å². The third-order valence-electron chi connectivity index (χ3n) is 2.51. The second kappa shape index (κ2) is 5.95. The highest BCUT2D eigenvalue weighted by Crippen LogP contribution is 2.25. The first-order valence-corrected chi connectivity index (χ1v) is 6.22. The first-order chi connectivity index (χ1) is 9.08. The van der Waals surface area contributed by atoms with Crippen LogP contribution < -0.4 is 4.74 Å². The summed E-state index contributed by atoms with van der Waals surface area (Å²) in [4.78, 5) is 11.1. The summed E-state index contributed by atoms with van der Waals surface area (Å²) in [5.74, 6) is -0.825. The van der Waals surface area contributed by atoms with Crippen LogP contribution in [0.1, 0.15) is 15.9 Å². The van der Waals surface area contributed by atoms with Crippen LogP contribution in [0, 0.1) is 0 Å². The van der Waals surface area contributed by atoms with Crippen molar-refractivity contribution in [3.8, 4) is 5.75 Å². The Morgan fingerprint density at radius 3 is 2.58 bits per heavy atom. The zero-order valence-electron chi connectivity index (χ0n) is 9.77. The molecule has 5 heteroatoms. The van der Waals surface area contributed by atoms with Gasteiger partial charge in [-0.2, -0.15) is 0 Å². The summed E-state index contributed by atoms with van der Waals surface area (Å²) in [5.41, 5.74) is 0.815. The lowest BCUT2D eigenvalue weighted by atomic mass is 10.2. The van der Waals surface area contributed by atoms with Gasteiger partial charge in [-0.15, -0.1) is 0 Å². The van der Waals surface area contributed by atoms with Crippen molar-refractivity contribution in [1.29, 1.82) is 0 Å². The number of hydrogen-bond donors (Lipinski definition) is 1. The second-order valence-electron chi connectivity index (χ2n) is 3.83. The van der Waals surface area contributed by atoms with Crippen LogP contribution in [0.5, 0.6) is 5.75 Å². The molecular formula is C14H10Cl2O3. The van der Waals surface area contributed by atoms with Gasteiger partial charge in [-0.1, -0.05) is 41.4 Å². The number of halogens is 2. The van der Waals surface area contributed by atoms with Gasteiger partial charge in [-0.3, -0.25) is 0 Å². The number of carbonyl (C=O) groups is 1. The minimum atomic E-state index is -1.09. The maximum Gasteiger partial charge on any atom is 0.339 e. The zero-order chi connectivity index (χ0) is 13.8. The molecule has 0 aliphatic carbocycles. The first kappa shape index (κ1) is 13.7. The van der Waals surface area contributed by atoms with Crippen LogP contribution in [0.3, 0.4) is 0 Å². The minimum Gasteiger partial charge on any atom is -0.488 e. The summed E-state index contributed by atoms with van der Waals surface area (Å²) in [5, 5.41) is 10.0. The number of ether oxygens (including phenoxy) is 1. The van der Waals surface area contributed by atoms with Crippen LogP contribution in [0.15, 0.2) is 42.5 Å². The summed E-state index contributed by atoms with van der Waals surface area (Å²) in [6.07, 6.45) is 0. The molecule has 2 aromatic rings. The van der Waals surface area contributed by atoms with E-state index in [1.165, 1.54) is 12.1 Å². The maximum atomic E-state index is 11.1. The molecule has 0 fully saturated rings. The van der Waals surface area contributed by atoms with Crippen LogP contribution in [0.2, 0.25) is 10.0 Å². The van der Waals surface area contributed by atoms with Crippen molar-refractivity contribution in [3.63, 3.8) is 0 Å². The van der Waals surface area contributed by atoms with Gasteiger partial charge in [0.05, 0.1) is 0 Å². The molecule has 0 aliphatic heterocycles. The SMILES string of the molecule is O=C(O)c1cc(Cl)ccc1OCc1ccccc1Cl. The standard InChI is InChI=1S/C14H10Cl2O3/c15-10-5-6-13(11(7-10)14(17)18)19-8-9-3-1-2-4-12(9)16/h1-7H,8H2,(H,17,18). The molecule has 2 rings (SSSR count). The zero-order valence-corrected chi connectivity index (χ0v) is 11.3. The van der Waals surface area contributed by atoms with Crippen molar-refractivity contribution in [1.82, 2.24) is 0 Å². The average Bonchev–Trinajstić information content (AvgIpc) is 2.38. The largest absolute Gasteiger partial charge is 0.488 e. The molecule has 0 saturated heterocycles. The molecule has 0 aliphatic rings. The molecule has 0 spiro atoms. The van der Waals surface area contributed by atoms with Crippen molar-refractivity contribution in [2.24, 2.45) is 0 Å². The van der Waals surface area contributed by atoms with Gasteiger partial charge in [-0.25, -0.2) is 4.79 Å². The van der Waals surface area contributed by atoms with E-state index in [2.05, 4.69) is 0 Å². The highest BCUT2D eigenvalue weighted by Gasteiger charge is 2.12. The van der Waals surface area contributed by atoms with E-state index in [4.69, 9.17) is 33.0 Å².